The summed E-state index contributed by atoms with van der Waals surface area (Å²) in [5, 5.41) is 3.64. The molecular weight excluding hydrogens is 613 g/mol. The number of anilines is 1. The van der Waals surface area contributed by atoms with Gasteiger partial charge in [0.25, 0.3) is 10.0 Å². The molecule has 43 heavy (non-hydrogen) atoms. The first-order chi connectivity index (χ1) is 20.6. The number of sulfonamides is 1. The Morgan fingerprint density at radius 2 is 1.63 bits per heavy atom. The quantitative estimate of drug-likeness (QED) is 0.205. The minimum absolute atomic E-state index is 0.00534. The standard InChI is InChI=1S/C31H37Cl2N3O6S/c1-5-7-17-34-31(38)27(6-2)35(20-22-13-14-23(32)18-26(22)33)30(37)21-36(43(39,40)25-11-9-8-10-12-25)24-15-16-28(41-3)29(19-24)42-4/h8-16,18-19,27H,5-7,17,20-21H2,1-4H3,(H,34,38)/t27-/m1/s1. The van der Waals surface area contributed by atoms with Crippen molar-refractivity contribution in [2.75, 3.05) is 31.6 Å². The second-order valence-electron chi connectivity index (χ2n) is 9.69. The third-order valence-corrected chi connectivity index (χ3v) is 9.21. The molecule has 0 fully saturated rings. The molecule has 0 radical (unpaired) electrons. The number of rotatable bonds is 15. The average molecular weight is 651 g/mol. The summed E-state index contributed by atoms with van der Waals surface area (Å²) >= 11 is 12.6. The Labute approximate surface area is 263 Å². The van der Waals surface area contributed by atoms with E-state index in [1.165, 1.54) is 43.4 Å². The fourth-order valence-corrected chi connectivity index (χ4v) is 6.38. The van der Waals surface area contributed by atoms with Crippen molar-refractivity contribution in [2.45, 2.75) is 50.6 Å². The molecule has 0 bridgehead atoms. The SMILES string of the molecule is CCCCNC(=O)[C@@H](CC)N(Cc1ccc(Cl)cc1Cl)C(=O)CN(c1ccc(OC)c(OC)c1)S(=O)(=O)c1ccccc1. The maximum atomic E-state index is 14.2. The van der Waals surface area contributed by atoms with Crippen LogP contribution in [0.15, 0.2) is 71.6 Å². The number of hydrogen-bond donors (Lipinski definition) is 1. The zero-order valence-electron chi connectivity index (χ0n) is 24.7. The third kappa shape index (κ3) is 8.55. The van der Waals surface area contributed by atoms with Crippen molar-refractivity contribution < 1.29 is 27.5 Å². The van der Waals surface area contributed by atoms with Gasteiger partial charge >= 0.3 is 0 Å². The van der Waals surface area contributed by atoms with Crippen LogP contribution < -0.4 is 19.1 Å². The molecule has 0 aromatic heterocycles. The van der Waals surface area contributed by atoms with Crippen molar-refractivity contribution in [1.82, 2.24) is 10.2 Å². The van der Waals surface area contributed by atoms with Crippen molar-refractivity contribution in [2.24, 2.45) is 0 Å². The lowest BCUT2D eigenvalue weighted by Crippen LogP contribution is -2.52. The first-order valence-corrected chi connectivity index (χ1v) is 16.1. The Bertz CT molecular complexity index is 1500. The summed E-state index contributed by atoms with van der Waals surface area (Å²) in [6.45, 7) is 3.62. The number of amides is 2. The van der Waals surface area contributed by atoms with Crippen LogP contribution in [0.5, 0.6) is 11.5 Å². The van der Waals surface area contributed by atoms with Crippen LogP contribution >= 0.6 is 23.2 Å². The number of nitrogens with one attached hydrogen (secondary N) is 1. The van der Waals surface area contributed by atoms with Crippen molar-refractivity contribution in [3.8, 4) is 11.5 Å². The summed E-state index contributed by atoms with van der Waals surface area (Å²) in [5.74, 6) is -0.258. The molecule has 0 aliphatic heterocycles. The number of carbonyl (C=O) groups is 2. The van der Waals surface area contributed by atoms with Crippen LogP contribution in [0.25, 0.3) is 0 Å². The van der Waals surface area contributed by atoms with Crippen molar-refractivity contribution >= 4 is 50.7 Å². The molecular formula is C31H37Cl2N3O6S. The van der Waals surface area contributed by atoms with Crippen molar-refractivity contribution in [1.29, 1.82) is 0 Å². The first-order valence-electron chi connectivity index (χ1n) is 13.9. The second kappa shape index (κ2) is 15.8. The molecule has 3 aromatic carbocycles. The summed E-state index contributed by atoms with van der Waals surface area (Å²) < 4.78 is 39.8. The number of methoxy groups -OCH3 is 2. The number of carbonyl (C=O) groups excluding carboxylic acids is 2. The first kappa shape index (κ1) is 34.0. The van der Waals surface area contributed by atoms with Gasteiger partial charge in [0.15, 0.2) is 11.5 Å². The van der Waals surface area contributed by atoms with Crippen LogP contribution in [0.2, 0.25) is 10.0 Å². The van der Waals surface area contributed by atoms with Gasteiger partial charge in [-0.25, -0.2) is 8.42 Å². The van der Waals surface area contributed by atoms with Crippen molar-refractivity contribution in [3.05, 3.63) is 82.3 Å². The molecule has 0 saturated carbocycles. The van der Waals surface area contributed by atoms with Crippen LogP contribution in [0.3, 0.4) is 0 Å². The molecule has 0 heterocycles. The Kier molecular flexibility index (Phi) is 12.5. The predicted molar refractivity (Wildman–Crippen MR) is 170 cm³/mol. The van der Waals surface area contributed by atoms with Crippen LogP contribution in [-0.4, -0.2) is 58.5 Å². The fourth-order valence-electron chi connectivity index (χ4n) is 4.49. The van der Waals surface area contributed by atoms with Gasteiger partial charge in [0.1, 0.15) is 12.6 Å². The molecule has 0 unspecified atom stereocenters. The van der Waals surface area contributed by atoms with Crippen molar-refractivity contribution in [3.63, 3.8) is 0 Å². The van der Waals surface area contributed by atoms with E-state index in [0.29, 0.717) is 27.9 Å². The van der Waals surface area contributed by atoms with Gasteiger partial charge in [0, 0.05) is 29.2 Å². The highest BCUT2D eigenvalue weighted by Crippen LogP contribution is 2.34. The smallest absolute Gasteiger partial charge is 0.264 e. The largest absolute Gasteiger partial charge is 0.493 e. The molecule has 232 valence electrons. The van der Waals surface area contributed by atoms with Gasteiger partial charge in [-0.05, 0) is 54.8 Å². The molecule has 0 aliphatic carbocycles. The molecule has 0 aliphatic rings. The van der Waals surface area contributed by atoms with E-state index in [-0.39, 0.29) is 35.2 Å². The Hall–Kier alpha value is -3.47. The number of ether oxygens (including phenoxy) is 2. The Morgan fingerprint density at radius 1 is 0.930 bits per heavy atom. The summed E-state index contributed by atoms with van der Waals surface area (Å²) in [6.07, 6.45) is 1.95. The average Bonchev–Trinajstić information content (AvgIpc) is 3.00. The highest BCUT2D eigenvalue weighted by molar-refractivity contribution is 7.92. The number of benzene rings is 3. The number of halogens is 2. The normalized spacial score (nSPS) is 11.9. The maximum Gasteiger partial charge on any atom is 0.264 e. The van der Waals surface area contributed by atoms with Crippen LogP contribution in [0, 0.1) is 0 Å². The van der Waals surface area contributed by atoms with Crippen LogP contribution in [0.1, 0.15) is 38.7 Å². The Morgan fingerprint density at radius 3 is 2.23 bits per heavy atom. The fraction of sp³-hybridized carbons (Fsp3) is 0.355. The molecule has 0 spiro atoms. The molecule has 0 saturated heterocycles. The van der Waals surface area contributed by atoms with Crippen LogP contribution in [-0.2, 0) is 26.2 Å². The molecule has 12 heteroatoms. The lowest BCUT2D eigenvalue weighted by Gasteiger charge is -2.33. The van der Waals surface area contributed by atoms with E-state index in [4.69, 9.17) is 32.7 Å². The minimum atomic E-state index is -4.24. The second-order valence-corrected chi connectivity index (χ2v) is 12.4. The van der Waals surface area contributed by atoms with Gasteiger partial charge in [-0.1, -0.05) is 67.7 Å². The number of hydrogen-bond acceptors (Lipinski definition) is 6. The van der Waals surface area contributed by atoms with Gasteiger partial charge < -0.3 is 19.7 Å². The molecule has 1 atom stereocenters. The molecule has 9 nitrogen and oxygen atoms in total. The summed E-state index contributed by atoms with van der Waals surface area (Å²) in [4.78, 5) is 28.9. The molecule has 2 amide bonds. The predicted octanol–water partition coefficient (Wildman–Crippen LogP) is 5.93. The van der Waals surface area contributed by atoms with E-state index in [9.17, 15) is 18.0 Å². The van der Waals surface area contributed by atoms with Gasteiger partial charge in [-0.15, -0.1) is 0 Å². The highest BCUT2D eigenvalue weighted by atomic mass is 35.5. The van der Waals surface area contributed by atoms with E-state index < -0.39 is 28.5 Å². The number of nitrogens with zero attached hydrogens (tertiary/aromatic N) is 2. The third-order valence-electron chi connectivity index (χ3n) is 6.84. The van der Waals surface area contributed by atoms with E-state index in [2.05, 4.69) is 5.32 Å². The van der Waals surface area contributed by atoms with Gasteiger partial charge in [-0.3, -0.25) is 13.9 Å². The lowest BCUT2D eigenvalue weighted by atomic mass is 10.1. The van der Waals surface area contributed by atoms with Gasteiger partial charge in [0.2, 0.25) is 11.8 Å². The summed E-state index contributed by atoms with van der Waals surface area (Å²) in [5.41, 5.74) is 0.739. The summed E-state index contributed by atoms with van der Waals surface area (Å²) in [7, 11) is -1.34. The monoisotopic (exact) mass is 649 g/mol. The lowest BCUT2D eigenvalue weighted by molar-refractivity contribution is -0.140. The summed E-state index contributed by atoms with van der Waals surface area (Å²) in [6, 6.07) is 16.4. The van der Waals surface area contributed by atoms with E-state index in [1.54, 1.807) is 49.4 Å². The number of unbranched alkanes of at least 4 members (excludes halogenated alkanes) is 1. The highest BCUT2D eigenvalue weighted by Gasteiger charge is 2.34. The van der Waals surface area contributed by atoms with Gasteiger partial charge in [0.05, 0.1) is 24.8 Å². The van der Waals surface area contributed by atoms with E-state index >= 15 is 0 Å². The van der Waals surface area contributed by atoms with Crippen LogP contribution in [0.4, 0.5) is 5.69 Å². The maximum absolute atomic E-state index is 14.2. The zero-order chi connectivity index (χ0) is 31.6. The van der Waals surface area contributed by atoms with E-state index in [0.717, 1.165) is 17.1 Å². The molecule has 1 N–H and O–H groups in total. The van der Waals surface area contributed by atoms with E-state index in [1.807, 2.05) is 6.92 Å². The van der Waals surface area contributed by atoms with Gasteiger partial charge in [-0.2, -0.15) is 0 Å². The Balaban J connectivity index is 2.10. The molecule has 3 rings (SSSR count). The zero-order valence-corrected chi connectivity index (χ0v) is 27.0. The topological polar surface area (TPSA) is 105 Å². The molecule has 3 aromatic rings. The minimum Gasteiger partial charge on any atom is -0.493 e.